The molecule has 0 atom stereocenters. The van der Waals surface area contributed by atoms with E-state index in [1.165, 1.54) is 36.4 Å². The Kier molecular flexibility index (Phi) is 15.0. The fourth-order valence-corrected chi connectivity index (χ4v) is 4.81. The lowest BCUT2D eigenvalue weighted by Crippen LogP contribution is -2.22. The number of carbonyl (C=O) groups is 1. The number of halogens is 6. The van der Waals surface area contributed by atoms with Gasteiger partial charge in [0.25, 0.3) is 0 Å². The maximum atomic E-state index is 14.7. The standard InChI is InChI=1S/C36H42F6N2O4/c37-31-24-28(15-19-33(31)46-23-9-21-35(38,39)40)36(41,42)48-30-17-11-26(12-18-30)13-20-34(45)47-22-8-6-4-2-1-3-5-7-10-27-14-16-29(43)25-32(27)44/h11-20,24-25H,1-10,21-23,43-44H2/b20-13+. The number of alkyl halides is 5. The van der Waals surface area contributed by atoms with Crippen LogP contribution in [0.3, 0.4) is 0 Å². The molecule has 0 aliphatic carbocycles. The molecule has 0 fully saturated rings. The second-order valence-electron chi connectivity index (χ2n) is 11.4. The maximum absolute atomic E-state index is 14.7. The molecular formula is C36H42F6N2O4. The average molecular weight is 681 g/mol. The van der Waals surface area contributed by atoms with Crippen LogP contribution >= 0.6 is 0 Å². The third kappa shape index (κ3) is 14.2. The Morgan fingerprint density at radius 3 is 2.06 bits per heavy atom. The summed E-state index contributed by atoms with van der Waals surface area (Å²) in [5.41, 5.74) is 14.0. The molecule has 0 amide bonds. The highest BCUT2D eigenvalue weighted by molar-refractivity contribution is 5.87. The summed E-state index contributed by atoms with van der Waals surface area (Å²) in [4.78, 5) is 12.0. The Hall–Kier alpha value is -4.35. The van der Waals surface area contributed by atoms with E-state index < -0.39 is 54.8 Å². The van der Waals surface area contributed by atoms with Crippen molar-refractivity contribution in [1.82, 2.24) is 0 Å². The van der Waals surface area contributed by atoms with Gasteiger partial charge in [-0.1, -0.05) is 56.7 Å². The third-order valence-electron chi connectivity index (χ3n) is 7.42. The van der Waals surface area contributed by atoms with Crippen LogP contribution < -0.4 is 20.9 Å². The highest BCUT2D eigenvalue weighted by atomic mass is 19.4. The highest BCUT2D eigenvalue weighted by Gasteiger charge is 2.35. The molecule has 0 bridgehead atoms. The molecule has 0 aliphatic heterocycles. The first kappa shape index (κ1) is 38.1. The van der Waals surface area contributed by atoms with Crippen LogP contribution in [-0.4, -0.2) is 25.4 Å². The van der Waals surface area contributed by atoms with Gasteiger partial charge in [0.2, 0.25) is 0 Å². The van der Waals surface area contributed by atoms with E-state index in [0.717, 1.165) is 81.2 Å². The Labute approximate surface area is 277 Å². The number of rotatable bonds is 20. The predicted octanol–water partition coefficient (Wildman–Crippen LogP) is 9.76. The van der Waals surface area contributed by atoms with E-state index in [4.69, 9.17) is 25.7 Å². The Morgan fingerprint density at radius 1 is 0.750 bits per heavy atom. The first-order valence-corrected chi connectivity index (χ1v) is 16.0. The van der Waals surface area contributed by atoms with Crippen molar-refractivity contribution >= 4 is 23.4 Å². The van der Waals surface area contributed by atoms with E-state index in [0.29, 0.717) is 23.9 Å². The predicted molar refractivity (Wildman–Crippen MR) is 174 cm³/mol. The molecule has 3 aromatic carbocycles. The van der Waals surface area contributed by atoms with Gasteiger partial charge in [0.15, 0.2) is 11.6 Å². The van der Waals surface area contributed by atoms with Crippen LogP contribution in [0, 0.1) is 5.82 Å². The molecule has 48 heavy (non-hydrogen) atoms. The largest absolute Gasteiger partial charge is 0.491 e. The Bertz CT molecular complexity index is 1460. The fourth-order valence-electron chi connectivity index (χ4n) is 4.81. The molecule has 0 radical (unpaired) electrons. The molecule has 0 aliphatic rings. The summed E-state index contributed by atoms with van der Waals surface area (Å²) in [6.07, 6.45) is 2.35. The molecule has 0 aromatic heterocycles. The number of hydrogen-bond donors (Lipinski definition) is 2. The van der Waals surface area contributed by atoms with Crippen LogP contribution in [0.2, 0.25) is 0 Å². The number of esters is 1. The van der Waals surface area contributed by atoms with Crippen LogP contribution in [0.25, 0.3) is 6.08 Å². The smallest absolute Gasteiger partial charge is 0.426 e. The molecule has 262 valence electrons. The van der Waals surface area contributed by atoms with E-state index >= 15 is 0 Å². The Morgan fingerprint density at radius 2 is 1.42 bits per heavy atom. The quantitative estimate of drug-likeness (QED) is 0.0406. The van der Waals surface area contributed by atoms with Crippen molar-refractivity contribution in [2.24, 2.45) is 0 Å². The summed E-state index contributed by atoms with van der Waals surface area (Å²) in [5, 5.41) is 0. The van der Waals surface area contributed by atoms with Crippen LogP contribution in [-0.2, 0) is 22.1 Å². The summed E-state index contributed by atoms with van der Waals surface area (Å²) in [6.45, 7) is -0.118. The van der Waals surface area contributed by atoms with Crippen molar-refractivity contribution in [2.75, 3.05) is 24.7 Å². The molecule has 0 spiro atoms. The topological polar surface area (TPSA) is 96.8 Å². The maximum Gasteiger partial charge on any atom is 0.426 e. The van der Waals surface area contributed by atoms with Crippen molar-refractivity contribution in [2.45, 2.75) is 82.9 Å². The van der Waals surface area contributed by atoms with Crippen molar-refractivity contribution in [3.05, 3.63) is 89.2 Å². The molecular weight excluding hydrogens is 638 g/mol. The van der Waals surface area contributed by atoms with Crippen molar-refractivity contribution in [3.8, 4) is 11.5 Å². The van der Waals surface area contributed by atoms with Gasteiger partial charge in [-0.15, -0.1) is 0 Å². The third-order valence-corrected chi connectivity index (χ3v) is 7.42. The van der Waals surface area contributed by atoms with Gasteiger partial charge in [0.1, 0.15) is 5.75 Å². The number of nitrogen functional groups attached to an aromatic ring is 2. The summed E-state index contributed by atoms with van der Waals surface area (Å²) < 4.78 is 95.1. The van der Waals surface area contributed by atoms with E-state index in [9.17, 15) is 31.1 Å². The Balaban J connectivity index is 1.28. The number of anilines is 2. The zero-order valence-corrected chi connectivity index (χ0v) is 26.7. The number of ether oxygens (including phenoxy) is 3. The molecule has 0 heterocycles. The summed E-state index contributed by atoms with van der Waals surface area (Å²) in [5.74, 6) is -2.33. The molecule has 0 saturated carbocycles. The van der Waals surface area contributed by atoms with Crippen molar-refractivity contribution in [1.29, 1.82) is 0 Å². The van der Waals surface area contributed by atoms with Crippen LogP contribution in [0.15, 0.2) is 66.7 Å². The second-order valence-corrected chi connectivity index (χ2v) is 11.4. The minimum Gasteiger partial charge on any atom is -0.491 e. The zero-order valence-electron chi connectivity index (χ0n) is 26.7. The van der Waals surface area contributed by atoms with Gasteiger partial charge in [0.05, 0.1) is 18.8 Å². The molecule has 4 N–H and O–H groups in total. The average Bonchev–Trinajstić information content (AvgIpc) is 3.02. The van der Waals surface area contributed by atoms with Crippen LogP contribution in [0.5, 0.6) is 11.5 Å². The number of carbonyl (C=O) groups excluding carboxylic acids is 1. The second kappa shape index (κ2) is 18.8. The molecule has 0 unspecified atom stereocenters. The molecule has 6 nitrogen and oxygen atoms in total. The van der Waals surface area contributed by atoms with Gasteiger partial charge in [0, 0.05) is 23.9 Å². The monoisotopic (exact) mass is 680 g/mol. The van der Waals surface area contributed by atoms with Gasteiger partial charge in [-0.05, 0) is 85.4 Å². The van der Waals surface area contributed by atoms with E-state index in [2.05, 4.69) is 0 Å². The van der Waals surface area contributed by atoms with Gasteiger partial charge >= 0.3 is 18.3 Å². The first-order valence-electron chi connectivity index (χ1n) is 16.0. The normalized spacial score (nSPS) is 12.0. The van der Waals surface area contributed by atoms with Crippen LogP contribution in [0.4, 0.5) is 37.7 Å². The van der Waals surface area contributed by atoms with E-state index in [1.54, 1.807) is 6.07 Å². The number of aryl methyl sites for hydroxylation is 1. The number of unbranched alkanes of at least 4 members (excludes halogenated alkanes) is 7. The lowest BCUT2D eigenvalue weighted by Gasteiger charge is -2.19. The molecule has 3 aromatic rings. The minimum atomic E-state index is -4.37. The lowest BCUT2D eigenvalue weighted by molar-refractivity contribution is -0.185. The van der Waals surface area contributed by atoms with Gasteiger partial charge < -0.3 is 25.7 Å². The van der Waals surface area contributed by atoms with Gasteiger partial charge in [-0.2, -0.15) is 22.0 Å². The molecule has 12 heteroatoms. The molecule has 0 saturated heterocycles. The van der Waals surface area contributed by atoms with Crippen molar-refractivity contribution < 1.29 is 45.3 Å². The zero-order chi connectivity index (χ0) is 35.0. The minimum absolute atomic E-state index is 0.212. The lowest BCUT2D eigenvalue weighted by atomic mass is 10.0. The summed E-state index contributed by atoms with van der Waals surface area (Å²) in [7, 11) is 0. The summed E-state index contributed by atoms with van der Waals surface area (Å²) in [6, 6.07) is 13.4. The van der Waals surface area contributed by atoms with E-state index in [-0.39, 0.29) is 5.75 Å². The van der Waals surface area contributed by atoms with Gasteiger partial charge in [-0.25, -0.2) is 9.18 Å². The fraction of sp³-hybridized carbons (Fsp3) is 0.417. The number of benzene rings is 3. The summed E-state index contributed by atoms with van der Waals surface area (Å²) >= 11 is 0. The molecule has 3 rings (SSSR count). The highest BCUT2D eigenvalue weighted by Crippen LogP contribution is 2.34. The first-order chi connectivity index (χ1) is 22.8. The number of hydrogen-bond acceptors (Lipinski definition) is 6. The number of nitrogens with two attached hydrogens (primary N) is 2. The SMILES string of the molecule is Nc1ccc(CCCCCCCCCCOC(=O)/C=C/c2ccc(OC(F)(F)c3ccc(OCCCC(F)(F)F)c(F)c3)cc2)c(N)c1. The van der Waals surface area contributed by atoms with E-state index in [1.807, 2.05) is 12.1 Å². The van der Waals surface area contributed by atoms with Crippen molar-refractivity contribution in [3.63, 3.8) is 0 Å². The van der Waals surface area contributed by atoms with Gasteiger partial charge in [-0.3, -0.25) is 0 Å². The van der Waals surface area contributed by atoms with Crippen LogP contribution in [0.1, 0.15) is 80.9 Å².